The van der Waals surface area contributed by atoms with E-state index < -0.39 is 5.25 Å². The fraction of sp³-hybridized carbons (Fsp3) is 0.308. The highest BCUT2D eigenvalue weighted by atomic mass is 32.2. The molecule has 2 heterocycles. The monoisotopic (exact) mass is 488 g/mol. The highest BCUT2D eigenvalue weighted by Gasteiger charge is 2.31. The van der Waals surface area contributed by atoms with E-state index in [0.29, 0.717) is 29.0 Å². The van der Waals surface area contributed by atoms with E-state index in [9.17, 15) is 9.59 Å². The molecule has 4 aromatic rings. The lowest BCUT2D eigenvalue weighted by molar-refractivity contribution is -0.115. The van der Waals surface area contributed by atoms with Crippen molar-refractivity contribution in [3.63, 3.8) is 0 Å². The minimum absolute atomic E-state index is 0.247. The van der Waals surface area contributed by atoms with Gasteiger partial charge < -0.3 is 9.88 Å². The highest BCUT2D eigenvalue weighted by Crippen LogP contribution is 2.40. The molecule has 1 aliphatic rings. The van der Waals surface area contributed by atoms with Gasteiger partial charge in [-0.15, -0.1) is 10.2 Å². The molecule has 1 amide bonds. The molecule has 5 rings (SSSR count). The van der Waals surface area contributed by atoms with Gasteiger partial charge in [0.15, 0.2) is 5.16 Å². The summed E-state index contributed by atoms with van der Waals surface area (Å²) in [5.74, 6) is 1.17. The third kappa shape index (κ3) is 4.68. The first kappa shape index (κ1) is 23.2. The number of hydrogen-bond donors (Lipinski definition) is 1. The molecule has 0 aliphatic heterocycles. The van der Waals surface area contributed by atoms with Crippen molar-refractivity contribution in [3.8, 4) is 5.69 Å². The molecule has 1 atom stereocenters. The van der Waals surface area contributed by atoms with Crippen LogP contribution in [-0.4, -0.2) is 35.3 Å². The Kier molecular flexibility index (Phi) is 6.34. The second-order valence-corrected chi connectivity index (χ2v) is 10.2. The predicted octanol–water partition coefficient (Wildman–Crippen LogP) is 4.12. The van der Waals surface area contributed by atoms with Gasteiger partial charge in [0.2, 0.25) is 5.91 Å². The lowest BCUT2D eigenvalue weighted by Crippen LogP contribution is -2.27. The Balaban J connectivity index is 1.36. The molecule has 1 aliphatic carbocycles. The summed E-state index contributed by atoms with van der Waals surface area (Å²) >= 11 is 1.36. The molecule has 9 heteroatoms. The quantitative estimate of drug-likeness (QED) is 0.377. The average molecular weight is 489 g/mol. The molecule has 1 fully saturated rings. The maximum Gasteiger partial charge on any atom is 0.295 e. The maximum absolute atomic E-state index is 13.2. The number of hydrogen-bond acceptors (Lipinski definition) is 5. The summed E-state index contributed by atoms with van der Waals surface area (Å²) in [4.78, 5) is 26.3. The molecule has 2 aromatic heterocycles. The molecule has 0 saturated heterocycles. The lowest BCUT2D eigenvalue weighted by atomic mass is 10.2. The van der Waals surface area contributed by atoms with Gasteiger partial charge in [0.25, 0.3) is 5.56 Å². The van der Waals surface area contributed by atoms with E-state index >= 15 is 0 Å². The maximum atomic E-state index is 13.2. The average Bonchev–Trinajstić information content (AvgIpc) is 3.61. The SMILES string of the molecule is Cc1c(NC(=O)C(C)Sc2nnc(C3CC3)n2Cc2ccccc2)c(=O)n(-c2ccccc2)n1C. The molecule has 2 aromatic carbocycles. The predicted molar refractivity (Wildman–Crippen MR) is 137 cm³/mol. The zero-order valence-corrected chi connectivity index (χ0v) is 20.8. The van der Waals surface area contributed by atoms with Crippen LogP contribution in [0.4, 0.5) is 5.69 Å². The van der Waals surface area contributed by atoms with Crippen molar-refractivity contribution < 1.29 is 4.79 Å². The van der Waals surface area contributed by atoms with E-state index in [-0.39, 0.29) is 11.5 Å². The minimum Gasteiger partial charge on any atom is -0.319 e. The molecular formula is C26H28N6O2S. The van der Waals surface area contributed by atoms with E-state index in [1.54, 1.807) is 9.36 Å². The Bertz CT molecular complexity index is 1400. The summed E-state index contributed by atoms with van der Waals surface area (Å²) in [7, 11) is 1.81. The number of nitrogens with one attached hydrogen (secondary N) is 1. The largest absolute Gasteiger partial charge is 0.319 e. The van der Waals surface area contributed by atoms with Gasteiger partial charge in [0, 0.05) is 13.0 Å². The summed E-state index contributed by atoms with van der Waals surface area (Å²) < 4.78 is 5.43. The van der Waals surface area contributed by atoms with Crippen molar-refractivity contribution in [1.29, 1.82) is 0 Å². The van der Waals surface area contributed by atoms with Crippen LogP contribution in [0.15, 0.2) is 70.6 Å². The molecule has 0 spiro atoms. The van der Waals surface area contributed by atoms with Crippen LogP contribution in [0.1, 0.15) is 42.8 Å². The topological polar surface area (TPSA) is 86.7 Å². The zero-order chi connectivity index (χ0) is 24.5. The molecule has 8 nitrogen and oxygen atoms in total. The normalized spacial score (nSPS) is 14.1. The van der Waals surface area contributed by atoms with Gasteiger partial charge in [0.1, 0.15) is 11.5 Å². The number of amides is 1. The Hall–Kier alpha value is -3.59. The Labute approximate surface area is 208 Å². The number of anilines is 1. The molecule has 0 radical (unpaired) electrons. The fourth-order valence-corrected chi connectivity index (χ4v) is 4.95. The second kappa shape index (κ2) is 9.58. The molecule has 1 saturated carbocycles. The lowest BCUT2D eigenvalue weighted by Gasteiger charge is -2.13. The van der Waals surface area contributed by atoms with E-state index in [4.69, 9.17) is 0 Å². The number of carbonyl (C=O) groups excluding carboxylic acids is 1. The number of nitrogens with zero attached hydrogens (tertiary/aromatic N) is 5. The number of thioether (sulfide) groups is 1. The van der Waals surface area contributed by atoms with Crippen LogP contribution < -0.4 is 10.9 Å². The van der Waals surface area contributed by atoms with Crippen molar-refractivity contribution in [1.82, 2.24) is 24.1 Å². The summed E-state index contributed by atoms with van der Waals surface area (Å²) in [6.07, 6.45) is 2.24. The van der Waals surface area contributed by atoms with Gasteiger partial charge in [-0.3, -0.25) is 14.3 Å². The number of para-hydroxylation sites is 1. The summed E-state index contributed by atoms with van der Waals surface area (Å²) in [5, 5.41) is 12.0. The van der Waals surface area contributed by atoms with Crippen LogP contribution in [0.25, 0.3) is 5.69 Å². The standard InChI is InChI=1S/C26H28N6O2S/c1-17-22(25(34)32(30(17)3)21-12-8-5-9-13-21)27-24(33)18(2)35-26-29-28-23(20-14-15-20)31(26)16-19-10-6-4-7-11-19/h4-13,18,20H,14-16H2,1-3H3,(H,27,33). The van der Waals surface area contributed by atoms with Crippen molar-refractivity contribution in [2.24, 2.45) is 7.05 Å². The van der Waals surface area contributed by atoms with E-state index in [0.717, 1.165) is 29.9 Å². The number of benzene rings is 2. The first-order valence-electron chi connectivity index (χ1n) is 11.7. The van der Waals surface area contributed by atoms with Crippen molar-refractivity contribution >= 4 is 23.4 Å². The van der Waals surface area contributed by atoms with Crippen LogP contribution in [0.2, 0.25) is 0 Å². The van der Waals surface area contributed by atoms with Gasteiger partial charge in [-0.05, 0) is 44.4 Å². The van der Waals surface area contributed by atoms with Crippen molar-refractivity contribution in [2.75, 3.05) is 5.32 Å². The van der Waals surface area contributed by atoms with E-state index in [1.165, 1.54) is 11.8 Å². The minimum atomic E-state index is -0.468. The summed E-state index contributed by atoms with van der Waals surface area (Å²) in [6, 6.07) is 19.6. The first-order chi connectivity index (χ1) is 16.9. The molecule has 180 valence electrons. The second-order valence-electron chi connectivity index (χ2n) is 8.87. The molecule has 1 N–H and O–H groups in total. The fourth-order valence-electron chi connectivity index (χ4n) is 4.09. The van der Waals surface area contributed by atoms with Gasteiger partial charge in [-0.1, -0.05) is 60.3 Å². The third-order valence-corrected chi connectivity index (χ3v) is 7.41. The van der Waals surface area contributed by atoms with Gasteiger partial charge in [-0.2, -0.15) is 0 Å². The van der Waals surface area contributed by atoms with Gasteiger partial charge >= 0.3 is 0 Å². The summed E-state index contributed by atoms with van der Waals surface area (Å²) in [5.41, 5.74) is 2.62. The Morgan fingerprint density at radius 2 is 1.74 bits per heavy atom. The molecule has 0 bridgehead atoms. The van der Waals surface area contributed by atoms with Crippen molar-refractivity contribution in [3.05, 3.63) is 88.1 Å². The van der Waals surface area contributed by atoms with Crippen LogP contribution in [0.3, 0.4) is 0 Å². The zero-order valence-electron chi connectivity index (χ0n) is 20.0. The van der Waals surface area contributed by atoms with Gasteiger partial charge in [-0.25, -0.2) is 4.68 Å². The first-order valence-corrected chi connectivity index (χ1v) is 12.6. The highest BCUT2D eigenvalue weighted by molar-refractivity contribution is 8.00. The smallest absolute Gasteiger partial charge is 0.295 e. The molecule has 35 heavy (non-hydrogen) atoms. The number of aromatic nitrogens is 5. The van der Waals surface area contributed by atoms with Crippen LogP contribution >= 0.6 is 11.8 Å². The number of carbonyl (C=O) groups is 1. The third-order valence-electron chi connectivity index (χ3n) is 6.33. The number of rotatable bonds is 8. The van der Waals surface area contributed by atoms with Crippen molar-refractivity contribution in [2.45, 2.75) is 49.6 Å². The summed E-state index contributed by atoms with van der Waals surface area (Å²) in [6.45, 7) is 4.31. The van der Waals surface area contributed by atoms with Crippen LogP contribution in [-0.2, 0) is 18.4 Å². The van der Waals surface area contributed by atoms with Gasteiger partial charge in [0.05, 0.1) is 23.2 Å². The van der Waals surface area contributed by atoms with E-state index in [1.807, 2.05) is 69.4 Å². The molecular weight excluding hydrogens is 460 g/mol. The van der Waals surface area contributed by atoms with Crippen LogP contribution in [0, 0.1) is 6.92 Å². The van der Waals surface area contributed by atoms with E-state index in [2.05, 4.69) is 32.2 Å². The molecule has 1 unspecified atom stereocenters. The Morgan fingerprint density at radius 1 is 1.09 bits per heavy atom. The Morgan fingerprint density at radius 3 is 2.40 bits per heavy atom. The van der Waals surface area contributed by atoms with Crippen LogP contribution in [0.5, 0.6) is 0 Å².